The van der Waals surface area contributed by atoms with Crippen molar-refractivity contribution in [3.8, 4) is 0 Å². The van der Waals surface area contributed by atoms with Gasteiger partial charge in [-0.1, -0.05) is 18.2 Å². The lowest BCUT2D eigenvalue weighted by Crippen LogP contribution is -2.34. The number of nitrogens with one attached hydrogen (secondary N) is 1. The maximum Gasteiger partial charge on any atom is 0.228 e. The summed E-state index contributed by atoms with van der Waals surface area (Å²) in [6.45, 7) is 3.69. The molecule has 2 aromatic rings. The summed E-state index contributed by atoms with van der Waals surface area (Å²) < 4.78 is 0. The first-order valence-corrected chi connectivity index (χ1v) is 8.04. The molecule has 1 unspecified atom stereocenters. The first kappa shape index (κ1) is 14.2. The van der Waals surface area contributed by atoms with E-state index < -0.39 is 0 Å². The van der Waals surface area contributed by atoms with Crippen LogP contribution in [0.2, 0.25) is 0 Å². The number of hydrogen-bond donors (Lipinski definition) is 1. The third kappa shape index (κ3) is 3.49. The number of rotatable bonds is 5. The molecule has 0 bridgehead atoms. The molecule has 21 heavy (non-hydrogen) atoms. The molecular formula is C16H19N3OS. The fraction of sp³-hybridized carbons (Fsp3) is 0.375. The Morgan fingerprint density at radius 3 is 2.90 bits per heavy atom. The van der Waals surface area contributed by atoms with E-state index in [1.54, 1.807) is 11.3 Å². The van der Waals surface area contributed by atoms with Crippen LogP contribution in [0.4, 0.5) is 5.69 Å². The molecule has 2 heterocycles. The van der Waals surface area contributed by atoms with Crippen molar-refractivity contribution in [2.75, 3.05) is 18.0 Å². The minimum Gasteiger partial charge on any atom is -0.311 e. The van der Waals surface area contributed by atoms with E-state index in [1.165, 1.54) is 4.88 Å². The molecule has 5 heteroatoms. The zero-order valence-corrected chi connectivity index (χ0v) is 12.9. The molecule has 0 radical (unpaired) electrons. The molecule has 0 spiro atoms. The summed E-state index contributed by atoms with van der Waals surface area (Å²) in [5.74, 6) is 0.198. The molecule has 1 aromatic carbocycles. The van der Waals surface area contributed by atoms with Gasteiger partial charge in [0.05, 0.1) is 5.01 Å². The van der Waals surface area contributed by atoms with Crippen LogP contribution in [-0.4, -0.2) is 30.0 Å². The third-order valence-electron chi connectivity index (χ3n) is 3.63. The molecule has 1 aliphatic heterocycles. The normalized spacial score (nSPS) is 18.4. The molecule has 1 amide bonds. The summed E-state index contributed by atoms with van der Waals surface area (Å²) in [4.78, 5) is 19.6. The predicted octanol–water partition coefficient (Wildman–Crippen LogP) is 2.39. The fourth-order valence-corrected chi connectivity index (χ4v) is 3.39. The number of anilines is 1. The summed E-state index contributed by atoms with van der Waals surface area (Å²) in [7, 11) is 0. The Morgan fingerprint density at radius 1 is 1.38 bits per heavy atom. The van der Waals surface area contributed by atoms with Gasteiger partial charge in [-0.05, 0) is 19.1 Å². The average molecular weight is 301 g/mol. The topological polar surface area (TPSA) is 45.2 Å². The second-order valence-electron chi connectivity index (χ2n) is 5.31. The van der Waals surface area contributed by atoms with Crippen LogP contribution < -0.4 is 10.2 Å². The summed E-state index contributed by atoms with van der Waals surface area (Å²) >= 11 is 1.74. The highest BCUT2D eigenvalue weighted by molar-refractivity contribution is 7.11. The van der Waals surface area contributed by atoms with E-state index in [0.717, 1.165) is 30.2 Å². The van der Waals surface area contributed by atoms with Gasteiger partial charge in [-0.15, -0.1) is 11.3 Å². The van der Waals surface area contributed by atoms with Crippen molar-refractivity contribution in [1.82, 2.24) is 10.3 Å². The maximum absolute atomic E-state index is 12.1. The first-order valence-electron chi connectivity index (χ1n) is 7.22. The van der Waals surface area contributed by atoms with E-state index in [0.29, 0.717) is 6.42 Å². The lowest BCUT2D eigenvalue weighted by molar-refractivity contribution is -0.117. The number of carbonyl (C=O) groups is 1. The van der Waals surface area contributed by atoms with Gasteiger partial charge in [0.1, 0.15) is 0 Å². The lowest BCUT2D eigenvalue weighted by Gasteiger charge is -2.17. The molecule has 0 aliphatic carbocycles. The van der Waals surface area contributed by atoms with Gasteiger partial charge in [-0.25, -0.2) is 4.98 Å². The van der Waals surface area contributed by atoms with E-state index in [1.807, 2.05) is 41.4 Å². The summed E-state index contributed by atoms with van der Waals surface area (Å²) in [6.07, 6.45) is 3.41. The van der Waals surface area contributed by atoms with Crippen LogP contribution in [0.3, 0.4) is 0 Å². The molecule has 1 aliphatic rings. The van der Waals surface area contributed by atoms with Gasteiger partial charge >= 0.3 is 0 Å². The number of para-hydroxylation sites is 1. The standard InChI is InChI=1S/C16H19N3OS/c1-12-10-18-15(21-12)7-8-17-13-9-16(20)19(11-13)14-5-3-2-4-6-14/h2-6,10,13,17H,7-9,11H2,1H3. The Bertz CT molecular complexity index is 611. The lowest BCUT2D eigenvalue weighted by atomic mass is 10.2. The molecule has 1 saturated heterocycles. The Balaban J connectivity index is 1.51. The highest BCUT2D eigenvalue weighted by atomic mass is 32.1. The quantitative estimate of drug-likeness (QED) is 0.922. The smallest absolute Gasteiger partial charge is 0.228 e. The van der Waals surface area contributed by atoms with Crippen LogP contribution in [0.5, 0.6) is 0 Å². The van der Waals surface area contributed by atoms with Gasteiger partial charge in [-0.2, -0.15) is 0 Å². The Morgan fingerprint density at radius 2 is 2.19 bits per heavy atom. The minimum atomic E-state index is 0.198. The Labute approximate surface area is 128 Å². The van der Waals surface area contributed by atoms with Crippen LogP contribution in [0, 0.1) is 6.92 Å². The average Bonchev–Trinajstić information content (AvgIpc) is 3.06. The van der Waals surface area contributed by atoms with Crippen LogP contribution in [0.25, 0.3) is 0 Å². The van der Waals surface area contributed by atoms with Crippen molar-refractivity contribution in [3.63, 3.8) is 0 Å². The van der Waals surface area contributed by atoms with Crippen molar-refractivity contribution in [2.24, 2.45) is 0 Å². The monoisotopic (exact) mass is 301 g/mol. The third-order valence-corrected chi connectivity index (χ3v) is 4.61. The van der Waals surface area contributed by atoms with Crippen LogP contribution in [0.1, 0.15) is 16.3 Å². The molecule has 3 rings (SSSR count). The van der Waals surface area contributed by atoms with Crippen molar-refractivity contribution in [3.05, 3.63) is 46.4 Å². The SMILES string of the molecule is Cc1cnc(CCNC2CC(=O)N(c3ccccc3)C2)s1. The Kier molecular flexibility index (Phi) is 4.31. The van der Waals surface area contributed by atoms with Gasteiger partial charge in [0, 0.05) is 48.7 Å². The zero-order chi connectivity index (χ0) is 14.7. The van der Waals surface area contributed by atoms with Crippen LogP contribution in [-0.2, 0) is 11.2 Å². The van der Waals surface area contributed by atoms with Crippen molar-refractivity contribution in [1.29, 1.82) is 0 Å². The van der Waals surface area contributed by atoms with Gasteiger partial charge < -0.3 is 10.2 Å². The molecule has 1 atom stereocenters. The van der Waals surface area contributed by atoms with E-state index in [9.17, 15) is 4.79 Å². The Hall–Kier alpha value is -1.72. The number of aromatic nitrogens is 1. The molecule has 110 valence electrons. The van der Waals surface area contributed by atoms with Gasteiger partial charge in [0.15, 0.2) is 0 Å². The number of hydrogen-bond acceptors (Lipinski definition) is 4. The highest BCUT2D eigenvalue weighted by Crippen LogP contribution is 2.21. The van der Waals surface area contributed by atoms with Gasteiger partial charge in [0.25, 0.3) is 0 Å². The summed E-state index contributed by atoms with van der Waals surface area (Å²) in [5, 5.41) is 4.63. The number of aryl methyl sites for hydroxylation is 1. The summed E-state index contributed by atoms with van der Waals surface area (Å²) in [5.41, 5.74) is 0.988. The maximum atomic E-state index is 12.1. The molecular weight excluding hydrogens is 282 g/mol. The van der Waals surface area contributed by atoms with E-state index in [2.05, 4.69) is 17.2 Å². The first-order chi connectivity index (χ1) is 10.2. The summed E-state index contributed by atoms with van der Waals surface area (Å²) in [6, 6.07) is 10.1. The van der Waals surface area contributed by atoms with Crippen molar-refractivity contribution < 1.29 is 4.79 Å². The van der Waals surface area contributed by atoms with Gasteiger partial charge in [-0.3, -0.25) is 4.79 Å². The second kappa shape index (κ2) is 6.37. The number of carbonyl (C=O) groups excluding carboxylic acids is 1. The largest absolute Gasteiger partial charge is 0.311 e. The number of thiazole rings is 1. The van der Waals surface area contributed by atoms with Crippen molar-refractivity contribution >= 4 is 22.9 Å². The number of amides is 1. The zero-order valence-electron chi connectivity index (χ0n) is 12.1. The van der Waals surface area contributed by atoms with E-state index in [-0.39, 0.29) is 11.9 Å². The fourth-order valence-electron chi connectivity index (χ4n) is 2.60. The van der Waals surface area contributed by atoms with Gasteiger partial charge in [0.2, 0.25) is 5.91 Å². The van der Waals surface area contributed by atoms with E-state index >= 15 is 0 Å². The minimum absolute atomic E-state index is 0.198. The van der Waals surface area contributed by atoms with Crippen LogP contribution in [0.15, 0.2) is 36.5 Å². The molecule has 0 saturated carbocycles. The van der Waals surface area contributed by atoms with Crippen molar-refractivity contribution in [2.45, 2.75) is 25.8 Å². The van der Waals surface area contributed by atoms with Crippen LogP contribution >= 0.6 is 11.3 Å². The molecule has 1 fully saturated rings. The molecule has 1 N–H and O–H groups in total. The molecule has 1 aromatic heterocycles. The predicted molar refractivity (Wildman–Crippen MR) is 85.8 cm³/mol. The second-order valence-corrected chi connectivity index (χ2v) is 6.63. The highest BCUT2D eigenvalue weighted by Gasteiger charge is 2.29. The molecule has 4 nitrogen and oxygen atoms in total. The van der Waals surface area contributed by atoms with E-state index in [4.69, 9.17) is 0 Å². The number of nitrogens with zero attached hydrogens (tertiary/aromatic N) is 2. The number of benzene rings is 1.